The topological polar surface area (TPSA) is 112 Å². The first-order valence-electron chi connectivity index (χ1n) is 9.79. The number of hydrogen-bond acceptors (Lipinski definition) is 8. The summed E-state index contributed by atoms with van der Waals surface area (Å²) in [5.74, 6) is -3.34. The molecule has 0 spiro atoms. The second-order valence-electron chi connectivity index (χ2n) is 9.94. The SMILES string of the molecule is CC(C)(C)OC(=O)[C@@H]1C[C@@H]([C@H](O)[C@H]2COC(C)(C)O2)C(=O)N1C(=O)OC(C)(C)C. The molecule has 2 amide bonds. The maximum absolute atomic E-state index is 13.0. The minimum absolute atomic E-state index is 0.0888. The van der Waals surface area contributed by atoms with Crippen molar-refractivity contribution in [1.82, 2.24) is 4.90 Å². The summed E-state index contributed by atoms with van der Waals surface area (Å²) in [5.41, 5.74) is -1.66. The van der Waals surface area contributed by atoms with Crippen LogP contribution in [0.15, 0.2) is 0 Å². The van der Waals surface area contributed by atoms with Crippen LogP contribution in [0.1, 0.15) is 61.8 Å². The second kappa shape index (κ2) is 7.85. The van der Waals surface area contributed by atoms with Crippen LogP contribution < -0.4 is 0 Å². The average Bonchev–Trinajstić information content (AvgIpc) is 3.03. The van der Waals surface area contributed by atoms with E-state index in [1.807, 2.05) is 0 Å². The summed E-state index contributed by atoms with van der Waals surface area (Å²) in [6.45, 7) is 13.6. The number of carbonyl (C=O) groups is 3. The van der Waals surface area contributed by atoms with Crippen LogP contribution >= 0.6 is 0 Å². The molecule has 2 aliphatic rings. The number of nitrogens with zero attached hydrogens (tertiary/aromatic N) is 1. The molecule has 9 heteroatoms. The Kier molecular flexibility index (Phi) is 6.38. The van der Waals surface area contributed by atoms with Gasteiger partial charge in [0.05, 0.1) is 18.6 Å². The highest BCUT2D eigenvalue weighted by Gasteiger charge is 2.54. The third-order valence-electron chi connectivity index (χ3n) is 4.44. The molecular weight excluding hydrogens is 382 g/mol. The molecule has 2 heterocycles. The van der Waals surface area contributed by atoms with Gasteiger partial charge >= 0.3 is 12.1 Å². The number of imide groups is 1. The van der Waals surface area contributed by atoms with Gasteiger partial charge in [-0.3, -0.25) is 4.79 Å². The Morgan fingerprint density at radius 1 is 1.14 bits per heavy atom. The van der Waals surface area contributed by atoms with E-state index in [0.717, 1.165) is 4.90 Å². The zero-order valence-electron chi connectivity index (χ0n) is 18.5. The van der Waals surface area contributed by atoms with Gasteiger partial charge in [0.15, 0.2) is 5.79 Å². The van der Waals surface area contributed by atoms with Crippen LogP contribution in [0.5, 0.6) is 0 Å². The molecule has 2 fully saturated rings. The number of rotatable bonds is 3. The molecule has 0 aromatic carbocycles. The first kappa shape index (κ1) is 23.6. The van der Waals surface area contributed by atoms with Gasteiger partial charge in [-0.15, -0.1) is 0 Å². The molecule has 2 aliphatic heterocycles. The largest absolute Gasteiger partial charge is 0.458 e. The summed E-state index contributed by atoms with van der Waals surface area (Å²) in [4.78, 5) is 39.2. The van der Waals surface area contributed by atoms with Gasteiger partial charge in [0.1, 0.15) is 23.3 Å². The highest BCUT2D eigenvalue weighted by atomic mass is 16.7. The van der Waals surface area contributed by atoms with Crippen LogP contribution in [0.25, 0.3) is 0 Å². The van der Waals surface area contributed by atoms with Gasteiger partial charge in [-0.1, -0.05) is 0 Å². The monoisotopic (exact) mass is 415 g/mol. The summed E-state index contributed by atoms with van der Waals surface area (Å²) in [7, 11) is 0. The third kappa shape index (κ3) is 5.90. The minimum atomic E-state index is -1.25. The number of amides is 2. The van der Waals surface area contributed by atoms with Crippen LogP contribution in [0, 0.1) is 5.92 Å². The Morgan fingerprint density at radius 2 is 1.69 bits per heavy atom. The molecule has 0 aromatic heterocycles. The van der Waals surface area contributed by atoms with E-state index < -0.39 is 59.1 Å². The van der Waals surface area contributed by atoms with Crippen molar-refractivity contribution in [2.24, 2.45) is 5.92 Å². The number of aliphatic hydroxyl groups excluding tert-OH is 1. The van der Waals surface area contributed by atoms with Crippen LogP contribution in [0.4, 0.5) is 4.79 Å². The van der Waals surface area contributed by atoms with Gasteiger partial charge in [-0.2, -0.15) is 0 Å². The van der Waals surface area contributed by atoms with E-state index in [1.54, 1.807) is 55.4 Å². The fourth-order valence-corrected chi connectivity index (χ4v) is 3.31. The summed E-state index contributed by atoms with van der Waals surface area (Å²) in [6, 6.07) is -1.19. The molecule has 0 aliphatic carbocycles. The van der Waals surface area contributed by atoms with Gasteiger partial charge in [0, 0.05) is 0 Å². The molecule has 4 atom stereocenters. The third-order valence-corrected chi connectivity index (χ3v) is 4.44. The molecular formula is C20H33NO8. The molecule has 0 radical (unpaired) electrons. The summed E-state index contributed by atoms with van der Waals surface area (Å²) in [6.07, 6.45) is -3.04. The zero-order chi connectivity index (χ0) is 22.4. The Labute approximate surface area is 171 Å². The van der Waals surface area contributed by atoms with Crippen LogP contribution in [-0.2, 0) is 28.5 Å². The minimum Gasteiger partial charge on any atom is -0.458 e. The van der Waals surface area contributed by atoms with Crippen LogP contribution in [-0.4, -0.2) is 69.8 Å². The van der Waals surface area contributed by atoms with Crippen molar-refractivity contribution in [3.05, 3.63) is 0 Å². The molecule has 1 N–H and O–H groups in total. The first-order valence-corrected chi connectivity index (χ1v) is 9.79. The Morgan fingerprint density at radius 3 is 2.14 bits per heavy atom. The van der Waals surface area contributed by atoms with E-state index in [0.29, 0.717) is 0 Å². The maximum atomic E-state index is 13.0. The molecule has 166 valence electrons. The smallest absolute Gasteiger partial charge is 0.417 e. The lowest BCUT2D eigenvalue weighted by Crippen LogP contribution is -2.48. The number of carbonyl (C=O) groups excluding carboxylic acids is 3. The fraction of sp³-hybridized carbons (Fsp3) is 0.850. The van der Waals surface area contributed by atoms with E-state index in [1.165, 1.54) is 0 Å². The highest BCUT2D eigenvalue weighted by Crippen LogP contribution is 2.35. The summed E-state index contributed by atoms with van der Waals surface area (Å²) in [5, 5.41) is 10.8. The summed E-state index contributed by atoms with van der Waals surface area (Å²) >= 11 is 0. The Balaban J connectivity index is 2.26. The van der Waals surface area contributed by atoms with Gasteiger partial charge < -0.3 is 24.1 Å². The van der Waals surface area contributed by atoms with Gasteiger partial charge in [0.2, 0.25) is 5.91 Å². The fourth-order valence-electron chi connectivity index (χ4n) is 3.31. The lowest BCUT2D eigenvalue weighted by molar-refractivity contribution is -0.162. The molecule has 29 heavy (non-hydrogen) atoms. The van der Waals surface area contributed by atoms with E-state index >= 15 is 0 Å². The molecule has 2 rings (SSSR count). The number of esters is 1. The van der Waals surface area contributed by atoms with E-state index in [2.05, 4.69) is 0 Å². The maximum Gasteiger partial charge on any atom is 0.417 e. The van der Waals surface area contributed by atoms with Crippen molar-refractivity contribution in [3.63, 3.8) is 0 Å². The first-order chi connectivity index (χ1) is 13.0. The number of aliphatic hydroxyl groups is 1. The number of ether oxygens (including phenoxy) is 4. The van der Waals surface area contributed by atoms with Gasteiger partial charge in [-0.25, -0.2) is 14.5 Å². The normalized spacial score (nSPS) is 28.4. The van der Waals surface area contributed by atoms with Crippen LogP contribution in [0.3, 0.4) is 0 Å². The van der Waals surface area contributed by atoms with E-state index in [9.17, 15) is 19.5 Å². The lowest BCUT2D eigenvalue weighted by Gasteiger charge is -2.28. The predicted molar refractivity (Wildman–Crippen MR) is 102 cm³/mol. The molecule has 0 aromatic rings. The van der Waals surface area contributed by atoms with Crippen LogP contribution in [0.2, 0.25) is 0 Å². The van der Waals surface area contributed by atoms with Gasteiger partial charge in [0.25, 0.3) is 0 Å². The van der Waals surface area contributed by atoms with Crippen molar-refractivity contribution in [1.29, 1.82) is 0 Å². The predicted octanol–water partition coefficient (Wildman–Crippen LogP) is 1.99. The average molecular weight is 415 g/mol. The number of likely N-dealkylation sites (tertiary alicyclic amines) is 1. The Bertz CT molecular complexity index is 660. The van der Waals surface area contributed by atoms with Gasteiger partial charge in [-0.05, 0) is 61.8 Å². The van der Waals surface area contributed by atoms with Crippen molar-refractivity contribution in [3.8, 4) is 0 Å². The van der Waals surface area contributed by atoms with Crippen molar-refractivity contribution in [2.75, 3.05) is 6.61 Å². The molecule has 0 saturated carbocycles. The van der Waals surface area contributed by atoms with Crippen molar-refractivity contribution >= 4 is 18.0 Å². The zero-order valence-corrected chi connectivity index (χ0v) is 18.5. The highest BCUT2D eigenvalue weighted by molar-refractivity contribution is 6.01. The molecule has 2 saturated heterocycles. The molecule has 0 unspecified atom stereocenters. The molecule has 0 bridgehead atoms. The molecule has 9 nitrogen and oxygen atoms in total. The standard InChI is InChI=1S/C20H33NO8/c1-18(2,3)28-16(24)12-9-11(14(22)13-10-26-20(7,8)27-13)15(23)21(12)17(25)29-19(4,5)6/h11-14,22H,9-10H2,1-8H3/t11-,12-,13+,14-/m0/s1. The van der Waals surface area contributed by atoms with E-state index in [-0.39, 0.29) is 13.0 Å². The van der Waals surface area contributed by atoms with Crippen molar-refractivity contribution < 1.29 is 38.4 Å². The second-order valence-corrected chi connectivity index (χ2v) is 9.94. The summed E-state index contributed by atoms with van der Waals surface area (Å²) < 4.78 is 21.8. The quantitative estimate of drug-likeness (QED) is 0.697. The lowest BCUT2D eigenvalue weighted by atomic mass is 9.94. The Hall–Kier alpha value is -1.71. The van der Waals surface area contributed by atoms with E-state index in [4.69, 9.17) is 18.9 Å². The number of hydrogen-bond donors (Lipinski definition) is 1. The van der Waals surface area contributed by atoms with Crippen molar-refractivity contribution in [2.45, 2.75) is 97.0 Å².